The molecule has 2 rings (SSSR count). The molecule has 0 aromatic heterocycles. The predicted molar refractivity (Wildman–Crippen MR) is 72.9 cm³/mol. The van der Waals surface area contributed by atoms with E-state index in [0.717, 1.165) is 6.54 Å². The van der Waals surface area contributed by atoms with Gasteiger partial charge >= 0.3 is 0 Å². The lowest BCUT2D eigenvalue weighted by Gasteiger charge is -2.20. The summed E-state index contributed by atoms with van der Waals surface area (Å²) >= 11 is 2.03. The third-order valence-corrected chi connectivity index (χ3v) is 4.07. The summed E-state index contributed by atoms with van der Waals surface area (Å²) in [7, 11) is 0. The molecular weight excluding hydrogens is 214 g/mol. The maximum Gasteiger partial charge on any atom is 0.0448 e. The van der Waals surface area contributed by atoms with Crippen LogP contribution in [0.25, 0.3) is 0 Å². The van der Waals surface area contributed by atoms with E-state index < -0.39 is 0 Å². The molecule has 1 aliphatic rings. The average Bonchev–Trinajstić information content (AvgIpc) is 2.70. The highest BCUT2D eigenvalue weighted by Gasteiger charge is 2.14. The Labute approximate surface area is 103 Å². The van der Waals surface area contributed by atoms with Gasteiger partial charge in [-0.1, -0.05) is 45.0 Å². The van der Waals surface area contributed by atoms with Gasteiger partial charge in [0.15, 0.2) is 0 Å². The van der Waals surface area contributed by atoms with Gasteiger partial charge in [-0.3, -0.25) is 4.90 Å². The average molecular weight is 235 g/mol. The minimum atomic E-state index is 0.266. The van der Waals surface area contributed by atoms with Crippen molar-refractivity contribution in [2.75, 3.05) is 18.2 Å². The van der Waals surface area contributed by atoms with Gasteiger partial charge in [-0.25, -0.2) is 0 Å². The fourth-order valence-corrected chi connectivity index (χ4v) is 2.94. The van der Waals surface area contributed by atoms with Crippen molar-refractivity contribution >= 4 is 11.8 Å². The summed E-state index contributed by atoms with van der Waals surface area (Å²) in [6.45, 7) is 9.14. The lowest BCUT2D eigenvalue weighted by Crippen LogP contribution is -2.18. The molecule has 16 heavy (non-hydrogen) atoms. The van der Waals surface area contributed by atoms with Gasteiger partial charge in [0.1, 0.15) is 0 Å². The second kappa shape index (κ2) is 4.80. The third kappa shape index (κ3) is 3.02. The van der Waals surface area contributed by atoms with Crippen LogP contribution < -0.4 is 0 Å². The molecule has 1 aliphatic heterocycles. The Morgan fingerprint density at radius 1 is 1.19 bits per heavy atom. The summed E-state index contributed by atoms with van der Waals surface area (Å²) in [4.78, 5) is 2.51. The van der Waals surface area contributed by atoms with Gasteiger partial charge in [0.2, 0.25) is 0 Å². The van der Waals surface area contributed by atoms with Crippen molar-refractivity contribution < 1.29 is 0 Å². The van der Waals surface area contributed by atoms with E-state index in [1.807, 2.05) is 11.8 Å². The first-order valence-electron chi connectivity index (χ1n) is 5.95. The number of nitrogens with zero attached hydrogens (tertiary/aromatic N) is 1. The molecule has 1 fully saturated rings. The fraction of sp³-hybridized carbons (Fsp3) is 0.571. The van der Waals surface area contributed by atoms with Crippen molar-refractivity contribution in [1.29, 1.82) is 0 Å². The Balaban J connectivity index is 2.01. The van der Waals surface area contributed by atoms with Crippen molar-refractivity contribution in [3.05, 3.63) is 35.4 Å². The standard InChI is InChI=1S/C14H21NS/c1-14(2,3)13-6-4-12(5-7-13)10-15-8-9-16-11-15/h4-7H,8-11H2,1-3H3. The van der Waals surface area contributed by atoms with Crippen LogP contribution in [0.1, 0.15) is 31.9 Å². The zero-order valence-electron chi connectivity index (χ0n) is 10.5. The first-order valence-corrected chi connectivity index (χ1v) is 7.11. The van der Waals surface area contributed by atoms with Gasteiger partial charge in [-0.15, -0.1) is 11.8 Å². The minimum Gasteiger partial charge on any atom is -0.289 e. The van der Waals surface area contributed by atoms with Gasteiger partial charge in [-0.05, 0) is 16.5 Å². The molecule has 0 spiro atoms. The molecule has 0 radical (unpaired) electrons. The number of rotatable bonds is 2. The summed E-state index contributed by atoms with van der Waals surface area (Å²) in [5.74, 6) is 2.49. The predicted octanol–water partition coefficient (Wildman–Crippen LogP) is 3.49. The lowest BCUT2D eigenvalue weighted by molar-refractivity contribution is 0.349. The van der Waals surface area contributed by atoms with Crippen molar-refractivity contribution in [1.82, 2.24) is 4.90 Å². The fourth-order valence-electron chi connectivity index (χ4n) is 1.94. The van der Waals surface area contributed by atoms with Crippen LogP contribution in [0, 0.1) is 0 Å². The lowest BCUT2D eigenvalue weighted by atomic mass is 9.87. The van der Waals surface area contributed by atoms with Crippen LogP contribution in [0.3, 0.4) is 0 Å². The molecule has 0 atom stereocenters. The molecule has 0 saturated carbocycles. The monoisotopic (exact) mass is 235 g/mol. The normalized spacial score (nSPS) is 17.9. The van der Waals surface area contributed by atoms with E-state index in [0.29, 0.717) is 0 Å². The Kier molecular flexibility index (Phi) is 3.60. The zero-order chi connectivity index (χ0) is 11.6. The van der Waals surface area contributed by atoms with E-state index in [1.54, 1.807) is 0 Å². The number of thioether (sulfide) groups is 1. The Hall–Kier alpha value is -0.470. The first-order chi connectivity index (χ1) is 7.55. The zero-order valence-corrected chi connectivity index (χ0v) is 11.3. The molecule has 1 saturated heterocycles. The molecule has 0 N–H and O–H groups in total. The van der Waals surface area contributed by atoms with E-state index in [9.17, 15) is 0 Å². The smallest absolute Gasteiger partial charge is 0.0448 e. The van der Waals surface area contributed by atoms with Gasteiger partial charge in [0, 0.05) is 24.7 Å². The van der Waals surface area contributed by atoms with Crippen molar-refractivity contribution in [2.24, 2.45) is 0 Å². The van der Waals surface area contributed by atoms with E-state index >= 15 is 0 Å². The highest BCUT2D eigenvalue weighted by Crippen LogP contribution is 2.23. The summed E-state index contributed by atoms with van der Waals surface area (Å²) in [6.07, 6.45) is 0. The molecule has 0 amide bonds. The topological polar surface area (TPSA) is 3.24 Å². The van der Waals surface area contributed by atoms with Crippen LogP contribution in [-0.4, -0.2) is 23.1 Å². The third-order valence-electron chi connectivity index (χ3n) is 3.05. The molecule has 0 aliphatic carbocycles. The van der Waals surface area contributed by atoms with Crippen molar-refractivity contribution in [3.8, 4) is 0 Å². The molecule has 88 valence electrons. The molecule has 0 unspecified atom stereocenters. The summed E-state index contributed by atoms with van der Waals surface area (Å²) in [5, 5.41) is 0. The highest BCUT2D eigenvalue weighted by atomic mass is 32.2. The van der Waals surface area contributed by atoms with E-state index in [1.165, 1.54) is 29.3 Å². The summed E-state index contributed by atoms with van der Waals surface area (Å²) in [5.41, 5.74) is 3.13. The van der Waals surface area contributed by atoms with E-state index in [4.69, 9.17) is 0 Å². The molecule has 0 bridgehead atoms. The van der Waals surface area contributed by atoms with Crippen LogP contribution in [-0.2, 0) is 12.0 Å². The molecule has 2 heteroatoms. The molecule has 1 aromatic rings. The van der Waals surface area contributed by atoms with Crippen molar-refractivity contribution in [2.45, 2.75) is 32.7 Å². The summed E-state index contributed by atoms with van der Waals surface area (Å²) in [6, 6.07) is 9.12. The molecule has 1 nitrogen and oxygen atoms in total. The van der Waals surface area contributed by atoms with Gasteiger partial charge < -0.3 is 0 Å². The second-order valence-electron chi connectivity index (χ2n) is 5.54. The molecule has 1 aromatic carbocycles. The van der Waals surface area contributed by atoms with E-state index in [-0.39, 0.29) is 5.41 Å². The van der Waals surface area contributed by atoms with Crippen LogP contribution in [0.5, 0.6) is 0 Å². The van der Waals surface area contributed by atoms with Gasteiger partial charge in [0.25, 0.3) is 0 Å². The Morgan fingerprint density at radius 3 is 2.38 bits per heavy atom. The van der Waals surface area contributed by atoms with Crippen LogP contribution >= 0.6 is 11.8 Å². The number of hydrogen-bond donors (Lipinski definition) is 0. The molecular formula is C14H21NS. The number of hydrogen-bond acceptors (Lipinski definition) is 2. The first kappa shape index (κ1) is 12.0. The number of benzene rings is 1. The Bertz CT molecular complexity index is 331. The van der Waals surface area contributed by atoms with E-state index in [2.05, 4.69) is 49.9 Å². The largest absolute Gasteiger partial charge is 0.289 e. The maximum atomic E-state index is 2.51. The SMILES string of the molecule is CC(C)(C)c1ccc(CN2CCSC2)cc1. The summed E-state index contributed by atoms with van der Waals surface area (Å²) < 4.78 is 0. The highest BCUT2D eigenvalue weighted by molar-refractivity contribution is 7.99. The second-order valence-corrected chi connectivity index (χ2v) is 6.61. The minimum absolute atomic E-state index is 0.266. The van der Waals surface area contributed by atoms with Crippen LogP contribution in [0.15, 0.2) is 24.3 Å². The maximum absolute atomic E-state index is 2.51. The quantitative estimate of drug-likeness (QED) is 0.772. The van der Waals surface area contributed by atoms with Crippen LogP contribution in [0.2, 0.25) is 0 Å². The van der Waals surface area contributed by atoms with Crippen molar-refractivity contribution in [3.63, 3.8) is 0 Å². The Morgan fingerprint density at radius 2 is 1.88 bits per heavy atom. The molecule has 1 heterocycles. The van der Waals surface area contributed by atoms with Crippen LogP contribution in [0.4, 0.5) is 0 Å². The van der Waals surface area contributed by atoms with Gasteiger partial charge in [0.05, 0.1) is 0 Å². The van der Waals surface area contributed by atoms with Gasteiger partial charge in [-0.2, -0.15) is 0 Å².